The van der Waals surface area contributed by atoms with E-state index in [2.05, 4.69) is 0 Å². The molecule has 0 aliphatic rings. The maximum Gasteiger partial charge on any atom is 0.246 e. The van der Waals surface area contributed by atoms with Crippen LogP contribution >= 0.6 is 11.6 Å². The molecule has 0 N–H and O–H groups in total. The van der Waals surface area contributed by atoms with Crippen LogP contribution in [0.25, 0.3) is 17.3 Å². The molecular weight excluding hydrogens is 384 g/mol. The van der Waals surface area contributed by atoms with Crippen molar-refractivity contribution in [3.05, 3.63) is 83.0 Å². The summed E-state index contributed by atoms with van der Waals surface area (Å²) in [5.41, 5.74) is 3.57. The van der Waals surface area contributed by atoms with Crippen LogP contribution in [0.5, 0.6) is 0 Å². The fraction of sp³-hybridized carbons (Fsp3) is 0.174. The Bertz CT molecular complexity index is 1050. The smallest absolute Gasteiger partial charge is 0.246 e. The van der Waals surface area contributed by atoms with E-state index in [0.717, 1.165) is 22.4 Å². The first-order valence-corrected chi connectivity index (χ1v) is 9.62. The van der Waals surface area contributed by atoms with Gasteiger partial charge in [0.15, 0.2) is 0 Å². The minimum Gasteiger partial charge on any atom is -0.341 e. The van der Waals surface area contributed by atoms with Crippen molar-refractivity contribution in [3.8, 4) is 17.3 Å². The molecule has 146 valence electrons. The molecule has 6 heteroatoms. The molecule has 0 aliphatic heterocycles. The number of benzene rings is 2. The summed E-state index contributed by atoms with van der Waals surface area (Å²) < 4.78 is 1.83. The third-order valence-electron chi connectivity index (χ3n) is 4.47. The highest BCUT2D eigenvalue weighted by atomic mass is 35.5. The van der Waals surface area contributed by atoms with Crippen LogP contribution in [0, 0.1) is 11.3 Å². The Morgan fingerprint density at radius 3 is 2.66 bits per heavy atom. The molecule has 0 fully saturated rings. The highest BCUT2D eigenvalue weighted by Crippen LogP contribution is 2.24. The first-order chi connectivity index (χ1) is 14.1. The zero-order chi connectivity index (χ0) is 20.6. The molecule has 1 amide bonds. The number of hydrogen-bond acceptors (Lipinski definition) is 3. The third kappa shape index (κ3) is 5.34. The average Bonchev–Trinajstić information content (AvgIpc) is 3.15. The van der Waals surface area contributed by atoms with E-state index in [1.807, 2.05) is 71.5 Å². The van der Waals surface area contributed by atoms with Crippen molar-refractivity contribution >= 4 is 23.6 Å². The van der Waals surface area contributed by atoms with Crippen molar-refractivity contribution in [2.75, 3.05) is 13.6 Å². The molecule has 0 aliphatic carbocycles. The van der Waals surface area contributed by atoms with E-state index in [9.17, 15) is 4.79 Å². The van der Waals surface area contributed by atoms with Crippen LogP contribution in [0.15, 0.2) is 66.9 Å². The number of nitriles is 1. The van der Waals surface area contributed by atoms with Gasteiger partial charge in [-0.05, 0) is 17.7 Å². The second kappa shape index (κ2) is 9.72. The summed E-state index contributed by atoms with van der Waals surface area (Å²) in [5, 5.41) is 14.1. The van der Waals surface area contributed by atoms with Crippen LogP contribution in [0.4, 0.5) is 0 Å². The van der Waals surface area contributed by atoms with Gasteiger partial charge in [0.2, 0.25) is 5.91 Å². The van der Waals surface area contributed by atoms with Crippen LogP contribution in [0.1, 0.15) is 17.5 Å². The van der Waals surface area contributed by atoms with Crippen molar-refractivity contribution in [2.45, 2.75) is 13.0 Å². The molecule has 0 saturated heterocycles. The Balaban J connectivity index is 1.89. The number of carbonyl (C=O) groups excluding carboxylic acids is 1. The van der Waals surface area contributed by atoms with Gasteiger partial charge in [0.05, 0.1) is 24.7 Å². The fourth-order valence-electron chi connectivity index (χ4n) is 2.88. The van der Waals surface area contributed by atoms with Crippen LogP contribution in [0.2, 0.25) is 5.02 Å². The van der Waals surface area contributed by atoms with Gasteiger partial charge < -0.3 is 4.90 Å². The lowest BCUT2D eigenvalue weighted by molar-refractivity contribution is -0.124. The predicted molar refractivity (Wildman–Crippen MR) is 115 cm³/mol. The summed E-state index contributed by atoms with van der Waals surface area (Å²) >= 11 is 6.29. The number of hydrogen-bond donors (Lipinski definition) is 0. The van der Waals surface area contributed by atoms with E-state index in [4.69, 9.17) is 22.0 Å². The number of likely N-dealkylation sites (N-methyl/N-ethyl adjacent to an activating group) is 1. The van der Waals surface area contributed by atoms with E-state index in [-0.39, 0.29) is 5.91 Å². The van der Waals surface area contributed by atoms with E-state index >= 15 is 0 Å². The van der Waals surface area contributed by atoms with Crippen LogP contribution < -0.4 is 0 Å². The summed E-state index contributed by atoms with van der Waals surface area (Å²) in [6, 6.07) is 19.5. The molecule has 0 unspecified atom stereocenters. The van der Waals surface area contributed by atoms with Gasteiger partial charge in [0.25, 0.3) is 0 Å². The van der Waals surface area contributed by atoms with Crippen molar-refractivity contribution in [2.24, 2.45) is 0 Å². The zero-order valence-electron chi connectivity index (χ0n) is 16.1. The lowest BCUT2D eigenvalue weighted by atomic mass is 10.1. The van der Waals surface area contributed by atoms with E-state index in [1.165, 1.54) is 11.0 Å². The second-order valence-corrected chi connectivity index (χ2v) is 7.00. The summed E-state index contributed by atoms with van der Waals surface area (Å²) in [6.07, 6.45) is 5.50. The molecule has 0 atom stereocenters. The zero-order valence-corrected chi connectivity index (χ0v) is 16.9. The number of rotatable bonds is 7. The maximum absolute atomic E-state index is 12.3. The van der Waals surface area contributed by atoms with Crippen molar-refractivity contribution in [1.82, 2.24) is 14.7 Å². The molecule has 5 nitrogen and oxygen atoms in total. The van der Waals surface area contributed by atoms with Gasteiger partial charge in [-0.2, -0.15) is 10.4 Å². The monoisotopic (exact) mass is 404 g/mol. The molecule has 29 heavy (non-hydrogen) atoms. The minimum absolute atomic E-state index is 0.155. The normalized spacial score (nSPS) is 10.8. The quantitative estimate of drug-likeness (QED) is 0.539. The molecule has 0 bridgehead atoms. The first-order valence-electron chi connectivity index (χ1n) is 9.25. The Morgan fingerprint density at radius 1 is 1.21 bits per heavy atom. The topological polar surface area (TPSA) is 61.9 Å². The number of nitrogens with zero attached hydrogens (tertiary/aromatic N) is 4. The molecule has 1 heterocycles. The molecule has 1 aromatic heterocycles. The second-order valence-electron chi connectivity index (χ2n) is 6.59. The van der Waals surface area contributed by atoms with E-state index in [0.29, 0.717) is 24.5 Å². The Hall–Kier alpha value is -3.36. The highest BCUT2D eigenvalue weighted by Gasteiger charge is 2.11. The van der Waals surface area contributed by atoms with Gasteiger partial charge in [-0.3, -0.25) is 9.48 Å². The maximum atomic E-state index is 12.3. The molecule has 0 spiro atoms. The predicted octanol–water partition coefficient (Wildman–Crippen LogP) is 4.64. The van der Waals surface area contributed by atoms with Crippen molar-refractivity contribution in [1.29, 1.82) is 5.26 Å². The average molecular weight is 405 g/mol. The molecule has 0 radical (unpaired) electrons. The molecule has 3 aromatic rings. The Labute approximate surface area is 175 Å². The number of halogens is 1. The van der Waals surface area contributed by atoms with Gasteiger partial charge in [0.1, 0.15) is 0 Å². The van der Waals surface area contributed by atoms with E-state index in [1.54, 1.807) is 13.1 Å². The van der Waals surface area contributed by atoms with Crippen molar-refractivity contribution in [3.63, 3.8) is 0 Å². The molecular formula is C23H21ClN4O. The molecule has 3 rings (SSSR count). The summed E-state index contributed by atoms with van der Waals surface area (Å²) in [4.78, 5) is 13.8. The lowest BCUT2D eigenvalue weighted by Gasteiger charge is -2.12. The number of carbonyl (C=O) groups is 1. The van der Waals surface area contributed by atoms with Gasteiger partial charge in [0, 0.05) is 42.0 Å². The number of amides is 1. The standard InChI is InChI=1S/C23H21ClN4O/c1-27(15-7-14-25)22(29)13-12-20-17-28(16-19-10-5-6-11-21(19)24)26-23(20)18-8-3-2-4-9-18/h2-6,8-13,17H,7,15-16H2,1H3/b13-12+. The Morgan fingerprint density at radius 2 is 1.93 bits per heavy atom. The SMILES string of the molecule is CN(CCC#N)C(=O)/C=C/c1cn(Cc2ccccc2Cl)nc1-c1ccccc1. The van der Waals surface area contributed by atoms with Gasteiger partial charge in [-0.25, -0.2) is 0 Å². The summed E-state index contributed by atoms with van der Waals surface area (Å²) in [6.45, 7) is 0.931. The lowest BCUT2D eigenvalue weighted by Crippen LogP contribution is -2.25. The number of aromatic nitrogens is 2. The molecule has 2 aromatic carbocycles. The summed E-state index contributed by atoms with van der Waals surface area (Å²) in [5.74, 6) is -0.155. The van der Waals surface area contributed by atoms with Crippen LogP contribution in [-0.2, 0) is 11.3 Å². The van der Waals surface area contributed by atoms with Gasteiger partial charge >= 0.3 is 0 Å². The highest BCUT2D eigenvalue weighted by molar-refractivity contribution is 6.31. The first kappa shape index (κ1) is 20.4. The fourth-order valence-corrected chi connectivity index (χ4v) is 3.07. The third-order valence-corrected chi connectivity index (χ3v) is 4.84. The van der Waals surface area contributed by atoms with Gasteiger partial charge in [-0.15, -0.1) is 0 Å². The molecule has 0 saturated carbocycles. The summed E-state index contributed by atoms with van der Waals surface area (Å²) in [7, 11) is 1.68. The van der Waals surface area contributed by atoms with E-state index < -0.39 is 0 Å². The minimum atomic E-state index is -0.155. The van der Waals surface area contributed by atoms with Gasteiger partial charge in [-0.1, -0.05) is 60.1 Å². The Kier molecular flexibility index (Phi) is 6.83. The van der Waals surface area contributed by atoms with Crippen molar-refractivity contribution < 1.29 is 4.79 Å². The van der Waals surface area contributed by atoms with Crippen LogP contribution in [0.3, 0.4) is 0 Å². The largest absolute Gasteiger partial charge is 0.341 e. The van der Waals surface area contributed by atoms with Crippen LogP contribution in [-0.4, -0.2) is 34.2 Å².